The Hall–Kier alpha value is -9.07. The van der Waals surface area contributed by atoms with E-state index < -0.39 is 41.5 Å². The zero-order valence-electron chi connectivity index (χ0n) is 47.6. The van der Waals surface area contributed by atoms with E-state index >= 15 is 0 Å². The van der Waals surface area contributed by atoms with E-state index in [1.165, 1.54) is 24.5 Å². The van der Waals surface area contributed by atoms with Gasteiger partial charge in [0.1, 0.15) is 46.6 Å². The highest BCUT2D eigenvalue weighted by molar-refractivity contribution is 5.99. The van der Waals surface area contributed by atoms with Gasteiger partial charge in [-0.05, 0) is 116 Å². The molecule has 3 aromatic heterocycles. The van der Waals surface area contributed by atoms with Crippen molar-refractivity contribution in [1.82, 2.24) is 30.2 Å². The summed E-state index contributed by atoms with van der Waals surface area (Å²) in [4.78, 5) is 70.5. The first-order valence-electron chi connectivity index (χ1n) is 26.4. The van der Waals surface area contributed by atoms with Crippen LogP contribution in [0.3, 0.4) is 0 Å². The number of methoxy groups -OCH3 is 3. The van der Waals surface area contributed by atoms with Crippen LogP contribution >= 0.6 is 0 Å². The number of amides is 5. The smallest absolute Gasteiger partial charge is 0.410 e. The van der Waals surface area contributed by atoms with Crippen molar-refractivity contribution in [2.75, 3.05) is 70.2 Å². The molecule has 23 heteroatoms. The molecule has 0 aliphatic carbocycles. The molecule has 3 fully saturated rings. The lowest BCUT2D eigenvalue weighted by Gasteiger charge is -2.29. The fourth-order valence-corrected chi connectivity index (χ4v) is 9.09. The maximum Gasteiger partial charge on any atom is 0.410 e. The molecule has 3 saturated heterocycles. The third-order valence-electron chi connectivity index (χ3n) is 13.2. The molecule has 430 valence electrons. The zero-order chi connectivity index (χ0) is 58.6. The van der Waals surface area contributed by atoms with Gasteiger partial charge in [0, 0.05) is 68.6 Å². The van der Waals surface area contributed by atoms with Crippen LogP contribution in [0.1, 0.15) is 80.1 Å². The number of nitriles is 1. The molecule has 3 aliphatic rings. The van der Waals surface area contributed by atoms with Crippen molar-refractivity contribution in [3.63, 3.8) is 0 Å². The summed E-state index contributed by atoms with van der Waals surface area (Å²) in [6.07, 6.45) is 5.28. The molecular weight excluding hydrogens is 1040 g/mol. The lowest BCUT2D eigenvalue weighted by atomic mass is 10.1. The van der Waals surface area contributed by atoms with Gasteiger partial charge in [0.05, 0.1) is 21.3 Å². The minimum absolute atomic E-state index is 0.153. The van der Waals surface area contributed by atoms with E-state index in [4.69, 9.17) is 42.5 Å². The molecule has 0 unspecified atom stereocenters. The van der Waals surface area contributed by atoms with Gasteiger partial charge in [-0.2, -0.15) is 5.26 Å². The minimum Gasteiger partial charge on any atom is -0.497 e. The van der Waals surface area contributed by atoms with E-state index in [9.17, 15) is 24.0 Å². The summed E-state index contributed by atoms with van der Waals surface area (Å²) in [5, 5.41) is 23.7. The van der Waals surface area contributed by atoms with Crippen LogP contribution in [0.5, 0.6) is 17.2 Å². The summed E-state index contributed by atoms with van der Waals surface area (Å²) < 4.78 is 42.6. The first-order valence-corrected chi connectivity index (χ1v) is 26.4. The van der Waals surface area contributed by atoms with Crippen molar-refractivity contribution in [1.29, 1.82) is 5.26 Å². The van der Waals surface area contributed by atoms with Gasteiger partial charge in [0.2, 0.25) is 5.91 Å². The molecule has 81 heavy (non-hydrogen) atoms. The minimum atomic E-state index is -0.614. The third-order valence-corrected chi connectivity index (χ3v) is 13.2. The molecule has 0 bridgehead atoms. The fraction of sp³-hybridized carbons (Fsp3) is 0.431. The van der Waals surface area contributed by atoms with E-state index in [0.717, 1.165) is 36.0 Å². The van der Waals surface area contributed by atoms with Crippen LogP contribution in [0.15, 0.2) is 105 Å². The van der Waals surface area contributed by atoms with Gasteiger partial charge < -0.3 is 42.6 Å². The molecule has 6 aromatic rings. The normalized spacial score (nSPS) is 16.7. The van der Waals surface area contributed by atoms with E-state index in [2.05, 4.69) is 27.0 Å². The molecule has 0 spiro atoms. The van der Waals surface area contributed by atoms with E-state index in [1.807, 2.05) is 72.8 Å². The summed E-state index contributed by atoms with van der Waals surface area (Å²) in [6.45, 7) is 12.4. The SMILES string of the molecule is COc1cccc(-c2cc(N(C)C(=O)[C@@H]3CCCN3C#N)no2)c1.COc1cccc(-c2cc(N(C)C(=O)[C@@H]3CCCN3C(=O)OC(C)(C)C)no2)c1.COc1cccc(-c2cc(NC(=O)[C@@H]3CCCN3C(=O)OC(C)(C)C)no2)c1. The van der Waals surface area contributed by atoms with Crippen LogP contribution in [0.2, 0.25) is 0 Å². The first-order chi connectivity index (χ1) is 38.6. The topological polar surface area (TPSA) is 262 Å². The molecule has 0 radical (unpaired) electrons. The van der Waals surface area contributed by atoms with Crippen molar-refractivity contribution >= 4 is 47.4 Å². The van der Waals surface area contributed by atoms with Crippen molar-refractivity contribution in [3.05, 3.63) is 91.0 Å². The van der Waals surface area contributed by atoms with Gasteiger partial charge in [0.15, 0.2) is 40.9 Å². The number of benzene rings is 3. The van der Waals surface area contributed by atoms with E-state index in [1.54, 1.807) is 95.2 Å². The number of likely N-dealkylation sites (tertiary alicyclic amines) is 3. The standard InChI is InChI=1S/C21H27N3O5.C20H25N3O5.C17H18N4O3/c1-21(2,3)28-20(26)24-11-7-10-16(24)19(25)23(4)18-13-17(29-22-18)14-8-6-9-15(12-14)27-5;1-20(2,3)27-19(25)23-10-6-9-15(23)18(24)21-17-12-16(28-22-17)13-7-5-8-14(11-13)26-4;1-20(17(22)14-7-4-8-21(14)11-18)16-10-15(24-19-16)12-5-3-6-13(9-12)23-2/h6,8-9,12-13,16H,7,10-11H2,1-5H3;5,7-8,11-12,15H,6,9-10H2,1-4H3,(H,21,22,24);3,5-6,9-10,14H,4,7-8H2,1-2H3/t16-;15-;14-/m000/s1. The quantitative estimate of drug-likeness (QED) is 0.112. The van der Waals surface area contributed by atoms with E-state index in [0.29, 0.717) is 90.9 Å². The molecule has 1 N–H and O–H groups in total. The number of anilines is 3. The Morgan fingerprint density at radius 3 is 1.41 bits per heavy atom. The molecule has 3 atom stereocenters. The average molecular weight is 1120 g/mol. The number of ether oxygens (including phenoxy) is 5. The zero-order valence-corrected chi connectivity index (χ0v) is 47.6. The molecular formula is C58H70N10O13. The van der Waals surface area contributed by atoms with Crippen LogP contribution in [0.25, 0.3) is 34.0 Å². The largest absolute Gasteiger partial charge is 0.497 e. The summed E-state index contributed by atoms with van der Waals surface area (Å²) in [7, 11) is 8.04. The number of hydrogen-bond donors (Lipinski definition) is 1. The molecule has 23 nitrogen and oxygen atoms in total. The van der Waals surface area contributed by atoms with Crippen LogP contribution in [-0.4, -0.2) is 144 Å². The lowest BCUT2D eigenvalue weighted by Crippen LogP contribution is -2.48. The number of aromatic nitrogens is 3. The number of likely N-dealkylation sites (N-methyl/N-ethyl adjacent to an activating group) is 2. The Kier molecular flexibility index (Phi) is 19.3. The van der Waals surface area contributed by atoms with Gasteiger partial charge in [-0.25, -0.2) is 9.59 Å². The number of nitrogens with zero attached hydrogens (tertiary/aromatic N) is 9. The highest BCUT2D eigenvalue weighted by Crippen LogP contribution is 2.32. The highest BCUT2D eigenvalue weighted by Gasteiger charge is 2.40. The predicted molar refractivity (Wildman–Crippen MR) is 298 cm³/mol. The third kappa shape index (κ3) is 15.4. The molecule has 3 aromatic carbocycles. The molecule has 0 saturated carbocycles. The van der Waals surface area contributed by atoms with Gasteiger partial charge in [-0.15, -0.1) is 0 Å². The van der Waals surface area contributed by atoms with Crippen molar-refractivity contribution in [2.45, 2.75) is 109 Å². The summed E-state index contributed by atoms with van der Waals surface area (Å²) in [6, 6.07) is 25.6. The molecule has 9 rings (SSSR count). The second kappa shape index (κ2) is 26.3. The predicted octanol–water partition coefficient (Wildman–Crippen LogP) is 9.66. The Morgan fingerprint density at radius 1 is 0.568 bits per heavy atom. The Balaban J connectivity index is 0.000000176. The number of carbonyl (C=O) groups excluding carboxylic acids is 5. The average Bonchev–Trinajstić information content (AvgIpc) is 4.44. The van der Waals surface area contributed by atoms with Crippen molar-refractivity contribution in [3.8, 4) is 57.4 Å². The van der Waals surface area contributed by atoms with Crippen LogP contribution in [-0.2, 0) is 23.9 Å². The van der Waals surface area contributed by atoms with Crippen molar-refractivity contribution < 1.29 is 61.2 Å². The van der Waals surface area contributed by atoms with Gasteiger partial charge in [0.25, 0.3) is 11.8 Å². The van der Waals surface area contributed by atoms with E-state index in [-0.39, 0.29) is 17.7 Å². The van der Waals surface area contributed by atoms with Gasteiger partial charge in [-0.3, -0.25) is 38.9 Å². The summed E-state index contributed by atoms with van der Waals surface area (Å²) in [5.41, 5.74) is 1.16. The molecule has 6 heterocycles. The lowest BCUT2D eigenvalue weighted by molar-refractivity contribution is -0.123. The van der Waals surface area contributed by atoms with Crippen LogP contribution in [0.4, 0.5) is 27.0 Å². The second-order valence-electron chi connectivity index (χ2n) is 21.3. The fourth-order valence-electron chi connectivity index (χ4n) is 9.09. The number of hydrogen-bond acceptors (Lipinski definition) is 18. The molecule has 5 amide bonds. The summed E-state index contributed by atoms with van der Waals surface area (Å²) >= 11 is 0. The second-order valence-corrected chi connectivity index (χ2v) is 21.3. The van der Waals surface area contributed by atoms with Crippen LogP contribution < -0.4 is 29.3 Å². The Morgan fingerprint density at radius 2 is 0.963 bits per heavy atom. The van der Waals surface area contributed by atoms with Crippen LogP contribution in [0, 0.1) is 11.5 Å². The summed E-state index contributed by atoms with van der Waals surface area (Å²) in [5.74, 6) is 4.08. The maximum atomic E-state index is 13.0. The number of carbonyl (C=O) groups is 5. The Labute approximate surface area is 470 Å². The monoisotopic (exact) mass is 1110 g/mol. The van der Waals surface area contributed by atoms with Gasteiger partial charge in [-0.1, -0.05) is 51.9 Å². The highest BCUT2D eigenvalue weighted by atomic mass is 16.6. The molecule has 3 aliphatic heterocycles. The Bertz CT molecular complexity index is 3190. The first kappa shape index (κ1) is 59.6. The van der Waals surface area contributed by atoms with Gasteiger partial charge >= 0.3 is 12.2 Å². The number of nitrogens with one attached hydrogen (secondary N) is 1. The maximum absolute atomic E-state index is 13.0. The number of rotatable bonds is 12. The van der Waals surface area contributed by atoms with Crippen molar-refractivity contribution in [2.24, 2.45) is 0 Å².